The molecule has 0 aliphatic carbocycles. The third kappa shape index (κ3) is 4.69. The average molecular weight is 609 g/mol. The van der Waals surface area contributed by atoms with Crippen molar-refractivity contribution in [3.05, 3.63) is 106 Å². The highest BCUT2D eigenvalue weighted by molar-refractivity contribution is 6.35. The van der Waals surface area contributed by atoms with Crippen LogP contribution < -0.4 is 20.1 Å². The van der Waals surface area contributed by atoms with E-state index < -0.39 is 0 Å². The molecule has 2 aromatic carbocycles. The van der Waals surface area contributed by atoms with Crippen LogP contribution in [0.2, 0.25) is 5.02 Å². The van der Waals surface area contributed by atoms with Crippen LogP contribution in [-0.4, -0.2) is 62.7 Å². The van der Waals surface area contributed by atoms with E-state index in [1.807, 2.05) is 30.3 Å². The maximum atomic E-state index is 14.0. The molecule has 5 aromatic rings. The number of hydrogen-bond donors (Lipinski definition) is 0. The highest BCUT2D eigenvalue weighted by atomic mass is 35.5. The van der Waals surface area contributed by atoms with Crippen molar-refractivity contribution in [1.29, 1.82) is 0 Å². The molecule has 0 saturated carbocycles. The molecule has 1 saturated heterocycles. The number of fused-ring (bicyclic) bond motifs is 2. The van der Waals surface area contributed by atoms with Crippen LogP contribution in [0, 0.1) is 0 Å². The van der Waals surface area contributed by atoms with Crippen molar-refractivity contribution in [3.63, 3.8) is 0 Å². The van der Waals surface area contributed by atoms with E-state index in [1.165, 1.54) is 6.33 Å². The lowest BCUT2D eigenvalue weighted by molar-refractivity contribution is 0.0780. The molecule has 12 heteroatoms. The van der Waals surface area contributed by atoms with Crippen molar-refractivity contribution in [2.75, 3.05) is 37.2 Å². The fourth-order valence-corrected chi connectivity index (χ4v) is 6.38. The number of amides is 1. The molecule has 3 aromatic heterocycles. The minimum atomic E-state index is -0.347. The van der Waals surface area contributed by atoms with Gasteiger partial charge in [0.1, 0.15) is 35.1 Å². The van der Waals surface area contributed by atoms with E-state index in [2.05, 4.69) is 24.8 Å². The predicted octanol–water partition coefficient (Wildman–Crippen LogP) is 4.62. The van der Waals surface area contributed by atoms with Gasteiger partial charge in [-0.25, -0.2) is 15.0 Å². The van der Waals surface area contributed by atoms with Crippen LogP contribution in [0.3, 0.4) is 0 Å². The molecule has 2 aliphatic heterocycles. The number of aromatic nitrogens is 5. The number of ether oxygens (including phenoxy) is 1. The Kier molecular flexibility index (Phi) is 7.09. The van der Waals surface area contributed by atoms with Gasteiger partial charge in [0, 0.05) is 26.3 Å². The number of rotatable bonds is 6. The third-order valence-corrected chi connectivity index (χ3v) is 8.50. The number of hydrogen-bond acceptors (Lipinski definition) is 9. The minimum absolute atomic E-state index is 0.157. The number of methoxy groups -OCH3 is 1. The summed E-state index contributed by atoms with van der Waals surface area (Å²) in [4.78, 5) is 52.2. The highest BCUT2D eigenvalue weighted by Crippen LogP contribution is 2.40. The van der Waals surface area contributed by atoms with Gasteiger partial charge in [0.05, 0.1) is 47.6 Å². The number of carbonyl (C=O) groups excluding carboxylic acids is 1. The number of carbonyl (C=O) groups is 1. The number of anilines is 2. The first-order valence-corrected chi connectivity index (χ1v) is 14.7. The van der Waals surface area contributed by atoms with Crippen LogP contribution >= 0.6 is 11.6 Å². The lowest BCUT2D eigenvalue weighted by atomic mass is 10.1. The van der Waals surface area contributed by atoms with Crippen LogP contribution in [0.15, 0.2) is 78.1 Å². The quantitative estimate of drug-likeness (QED) is 0.273. The second-order valence-electron chi connectivity index (χ2n) is 10.9. The summed E-state index contributed by atoms with van der Waals surface area (Å²) in [7, 11) is 3.42. The van der Waals surface area contributed by atoms with E-state index in [1.54, 1.807) is 60.3 Å². The maximum Gasteiger partial charge on any atom is 0.267 e. The standard InChI is InChI=1S/C32H29ClN8O3/c1-38-19-39(17-20-10-12-22(44-2)13-11-20)29-27(31(38)42)30(36-18-35-29)40-15-5-9-25(40)28-37-24-8-3-7-23(33)26(24)32(43)41(28)21-6-4-14-34-16-21/h3-4,6-8,10-14,16,18,25H,5,9,15,17,19H2,1-2H3/t25-/m0/s1. The Morgan fingerprint density at radius 2 is 1.84 bits per heavy atom. The second-order valence-corrected chi connectivity index (χ2v) is 11.3. The number of nitrogens with zero attached hydrogens (tertiary/aromatic N) is 8. The summed E-state index contributed by atoms with van der Waals surface area (Å²) in [6.45, 7) is 1.55. The van der Waals surface area contributed by atoms with Gasteiger partial charge in [-0.1, -0.05) is 29.8 Å². The number of halogens is 1. The summed E-state index contributed by atoms with van der Waals surface area (Å²) in [6.07, 6.45) is 6.32. The topological polar surface area (TPSA) is 110 Å². The van der Waals surface area contributed by atoms with Gasteiger partial charge in [-0.3, -0.25) is 19.1 Å². The molecule has 11 nitrogen and oxygen atoms in total. The second kappa shape index (κ2) is 11.2. The van der Waals surface area contributed by atoms with Gasteiger partial charge >= 0.3 is 0 Å². The lowest BCUT2D eigenvalue weighted by Crippen LogP contribution is -2.46. The Morgan fingerprint density at radius 3 is 2.61 bits per heavy atom. The maximum absolute atomic E-state index is 14.0. The fourth-order valence-electron chi connectivity index (χ4n) is 6.13. The first-order valence-electron chi connectivity index (χ1n) is 14.3. The van der Waals surface area contributed by atoms with Gasteiger partial charge in [0.15, 0.2) is 0 Å². The van der Waals surface area contributed by atoms with Gasteiger partial charge in [-0.05, 0) is 54.8 Å². The molecule has 1 atom stereocenters. The van der Waals surface area contributed by atoms with Crippen molar-refractivity contribution in [1.82, 2.24) is 29.4 Å². The van der Waals surface area contributed by atoms with Crippen LogP contribution in [0.1, 0.15) is 40.6 Å². The SMILES string of the molecule is COc1ccc(CN2CN(C)C(=O)c3c2ncnc3N2CCC[C@H]2c2nc3cccc(Cl)c3c(=O)n2-c2cccnc2)cc1. The number of pyridine rings is 1. The fraction of sp³-hybridized carbons (Fsp3) is 0.250. The van der Waals surface area contributed by atoms with Crippen LogP contribution in [0.4, 0.5) is 11.6 Å². The monoisotopic (exact) mass is 608 g/mol. The smallest absolute Gasteiger partial charge is 0.267 e. The average Bonchev–Trinajstić information content (AvgIpc) is 3.53. The highest BCUT2D eigenvalue weighted by Gasteiger charge is 2.38. The number of benzene rings is 2. The molecule has 0 N–H and O–H groups in total. The van der Waals surface area contributed by atoms with E-state index in [9.17, 15) is 9.59 Å². The summed E-state index contributed by atoms with van der Waals surface area (Å²) in [6, 6.07) is 16.4. The predicted molar refractivity (Wildman–Crippen MR) is 168 cm³/mol. The Hall–Kier alpha value is -5.03. The van der Waals surface area contributed by atoms with Crippen molar-refractivity contribution >= 4 is 40.0 Å². The molecule has 1 amide bonds. The molecular formula is C32H29ClN8O3. The molecule has 44 heavy (non-hydrogen) atoms. The first-order chi connectivity index (χ1) is 21.4. The molecule has 0 radical (unpaired) electrons. The van der Waals surface area contributed by atoms with Crippen LogP contribution in [-0.2, 0) is 6.54 Å². The Bertz CT molecular complexity index is 1930. The van der Waals surface area contributed by atoms with Crippen molar-refractivity contribution in [2.45, 2.75) is 25.4 Å². The van der Waals surface area contributed by atoms with E-state index in [4.69, 9.17) is 21.3 Å². The summed E-state index contributed by atoms with van der Waals surface area (Å²) < 4.78 is 6.90. The van der Waals surface area contributed by atoms with Crippen LogP contribution in [0.5, 0.6) is 5.75 Å². The normalized spacial score (nSPS) is 16.5. The first kappa shape index (κ1) is 27.8. The Labute approximate surface area is 258 Å². The minimum Gasteiger partial charge on any atom is -0.497 e. The van der Waals surface area contributed by atoms with Gasteiger partial charge in [-0.15, -0.1) is 0 Å². The van der Waals surface area contributed by atoms with Crippen molar-refractivity contribution in [3.8, 4) is 11.4 Å². The molecule has 5 heterocycles. The molecule has 0 bridgehead atoms. The zero-order chi connectivity index (χ0) is 30.4. The van der Waals surface area contributed by atoms with E-state index in [0.29, 0.717) is 70.8 Å². The van der Waals surface area contributed by atoms with Crippen LogP contribution in [0.25, 0.3) is 16.6 Å². The summed E-state index contributed by atoms with van der Waals surface area (Å²) >= 11 is 6.50. The summed E-state index contributed by atoms with van der Waals surface area (Å²) in [5, 5.41) is 0.680. The summed E-state index contributed by atoms with van der Waals surface area (Å²) in [5.74, 6) is 2.25. The molecule has 0 unspecified atom stereocenters. The Morgan fingerprint density at radius 1 is 1.02 bits per heavy atom. The Balaban J connectivity index is 1.35. The van der Waals surface area contributed by atoms with E-state index >= 15 is 0 Å². The zero-order valence-electron chi connectivity index (χ0n) is 24.2. The molecular weight excluding hydrogens is 580 g/mol. The lowest BCUT2D eigenvalue weighted by Gasteiger charge is -2.37. The molecule has 1 fully saturated rings. The van der Waals surface area contributed by atoms with Gasteiger partial charge in [-0.2, -0.15) is 0 Å². The van der Waals surface area contributed by atoms with Crippen molar-refractivity contribution in [2.24, 2.45) is 0 Å². The van der Waals surface area contributed by atoms with Crippen molar-refractivity contribution < 1.29 is 9.53 Å². The molecule has 7 rings (SSSR count). The van der Waals surface area contributed by atoms with E-state index in [-0.39, 0.29) is 17.5 Å². The molecule has 0 spiro atoms. The van der Waals surface area contributed by atoms with Gasteiger partial charge < -0.3 is 19.4 Å². The van der Waals surface area contributed by atoms with Gasteiger partial charge in [0.25, 0.3) is 11.5 Å². The largest absolute Gasteiger partial charge is 0.497 e. The molecule has 2 aliphatic rings. The summed E-state index contributed by atoms with van der Waals surface area (Å²) in [5.41, 5.74) is 2.30. The van der Waals surface area contributed by atoms with Gasteiger partial charge in [0.2, 0.25) is 0 Å². The molecule has 222 valence electrons. The van der Waals surface area contributed by atoms with E-state index in [0.717, 1.165) is 17.7 Å². The zero-order valence-corrected chi connectivity index (χ0v) is 25.0. The third-order valence-electron chi connectivity index (χ3n) is 8.18.